The van der Waals surface area contributed by atoms with Gasteiger partial charge in [-0.3, -0.25) is 14.4 Å². The number of nitrogens with zero attached hydrogens (tertiary/aromatic N) is 1. The van der Waals surface area contributed by atoms with Crippen molar-refractivity contribution in [3.8, 4) is 5.75 Å². The summed E-state index contributed by atoms with van der Waals surface area (Å²) in [5.41, 5.74) is 1.45. The van der Waals surface area contributed by atoms with Gasteiger partial charge >= 0.3 is 11.9 Å². The minimum atomic E-state index is -0.651. The molecule has 1 atom stereocenters. The van der Waals surface area contributed by atoms with Crippen LogP contribution in [0.4, 0.5) is 11.4 Å². The van der Waals surface area contributed by atoms with E-state index in [1.807, 2.05) is 0 Å². The van der Waals surface area contributed by atoms with Gasteiger partial charge in [0.25, 0.3) is 5.91 Å². The standard InChI is InChI=1S/C22H22N2O7/c1-29-18-9-7-17(8-10-18)24-12-15(11-20(24)26)22(28)31-13-19(25)23-16-5-3-14(4-6-16)21(27)30-2/h3-10,15H,11-13H2,1-2H3,(H,23,25)/t15-/m1/s1. The van der Waals surface area contributed by atoms with Gasteiger partial charge in [-0.25, -0.2) is 4.79 Å². The monoisotopic (exact) mass is 426 g/mol. The Morgan fingerprint density at radius 1 is 1.03 bits per heavy atom. The molecule has 1 N–H and O–H groups in total. The molecule has 31 heavy (non-hydrogen) atoms. The average Bonchev–Trinajstić information content (AvgIpc) is 3.19. The summed E-state index contributed by atoms with van der Waals surface area (Å²) in [6.07, 6.45) is 0.0153. The fraction of sp³-hybridized carbons (Fsp3) is 0.273. The van der Waals surface area contributed by atoms with E-state index in [1.165, 1.54) is 36.3 Å². The maximum Gasteiger partial charge on any atom is 0.337 e. The van der Waals surface area contributed by atoms with E-state index in [4.69, 9.17) is 9.47 Å². The van der Waals surface area contributed by atoms with Gasteiger partial charge < -0.3 is 24.4 Å². The molecule has 1 aliphatic rings. The summed E-state index contributed by atoms with van der Waals surface area (Å²) in [6.45, 7) is -0.300. The van der Waals surface area contributed by atoms with Crippen molar-refractivity contribution < 1.29 is 33.4 Å². The predicted octanol–water partition coefficient (Wildman–Crippen LogP) is 2.02. The van der Waals surface area contributed by atoms with E-state index in [1.54, 1.807) is 31.4 Å². The third-order valence-corrected chi connectivity index (χ3v) is 4.78. The van der Waals surface area contributed by atoms with E-state index in [0.717, 1.165) is 0 Å². The number of amides is 2. The third kappa shape index (κ3) is 5.39. The third-order valence-electron chi connectivity index (χ3n) is 4.78. The Balaban J connectivity index is 1.49. The van der Waals surface area contributed by atoms with Crippen molar-refractivity contribution in [1.82, 2.24) is 0 Å². The van der Waals surface area contributed by atoms with Crippen molar-refractivity contribution in [2.24, 2.45) is 5.92 Å². The highest BCUT2D eigenvalue weighted by atomic mass is 16.5. The molecular formula is C22H22N2O7. The molecule has 1 fully saturated rings. The van der Waals surface area contributed by atoms with Crippen LogP contribution in [0.5, 0.6) is 5.75 Å². The first-order valence-corrected chi connectivity index (χ1v) is 9.50. The Bertz CT molecular complexity index is 970. The van der Waals surface area contributed by atoms with E-state index in [2.05, 4.69) is 10.1 Å². The fourth-order valence-electron chi connectivity index (χ4n) is 3.14. The Hall–Kier alpha value is -3.88. The molecule has 0 bridgehead atoms. The molecule has 0 aromatic heterocycles. The topological polar surface area (TPSA) is 111 Å². The largest absolute Gasteiger partial charge is 0.497 e. The van der Waals surface area contributed by atoms with E-state index in [-0.39, 0.29) is 18.9 Å². The minimum absolute atomic E-state index is 0.0153. The summed E-state index contributed by atoms with van der Waals surface area (Å²) in [4.78, 5) is 49.6. The highest BCUT2D eigenvalue weighted by Crippen LogP contribution is 2.27. The van der Waals surface area contributed by atoms with Crippen LogP contribution in [0.1, 0.15) is 16.8 Å². The van der Waals surface area contributed by atoms with Crippen LogP contribution < -0.4 is 15.0 Å². The summed E-state index contributed by atoms with van der Waals surface area (Å²) in [5.74, 6) is -1.81. The molecule has 0 spiro atoms. The number of esters is 2. The second-order valence-electron chi connectivity index (χ2n) is 6.83. The summed E-state index contributed by atoms with van der Waals surface area (Å²) >= 11 is 0. The molecule has 2 aromatic rings. The Kier molecular flexibility index (Phi) is 6.86. The Labute approximate surface area is 178 Å². The molecule has 162 valence electrons. The maximum atomic E-state index is 12.3. The summed E-state index contributed by atoms with van der Waals surface area (Å²) in [5, 5.41) is 2.57. The maximum absolute atomic E-state index is 12.3. The number of anilines is 2. The number of benzene rings is 2. The van der Waals surface area contributed by atoms with Crippen molar-refractivity contribution in [2.45, 2.75) is 6.42 Å². The second-order valence-corrected chi connectivity index (χ2v) is 6.83. The molecule has 0 aliphatic carbocycles. The smallest absolute Gasteiger partial charge is 0.337 e. The van der Waals surface area contributed by atoms with Crippen molar-refractivity contribution in [1.29, 1.82) is 0 Å². The van der Waals surface area contributed by atoms with Crippen molar-refractivity contribution >= 4 is 35.1 Å². The van der Waals surface area contributed by atoms with E-state index in [0.29, 0.717) is 22.7 Å². The SMILES string of the molecule is COC(=O)c1ccc(NC(=O)COC(=O)[C@@H]2CC(=O)N(c3ccc(OC)cc3)C2)cc1. The lowest BCUT2D eigenvalue weighted by Crippen LogP contribution is -2.28. The van der Waals surface area contributed by atoms with Gasteiger partial charge in [-0.05, 0) is 48.5 Å². The molecule has 0 unspecified atom stereocenters. The van der Waals surface area contributed by atoms with Crippen LogP contribution >= 0.6 is 0 Å². The number of carbonyl (C=O) groups excluding carboxylic acids is 4. The van der Waals surface area contributed by atoms with Gasteiger partial charge in [-0.1, -0.05) is 0 Å². The molecule has 2 aromatic carbocycles. The van der Waals surface area contributed by atoms with Gasteiger partial charge in [-0.2, -0.15) is 0 Å². The zero-order valence-electron chi connectivity index (χ0n) is 17.1. The number of carbonyl (C=O) groups is 4. The first-order valence-electron chi connectivity index (χ1n) is 9.50. The molecule has 9 nitrogen and oxygen atoms in total. The second kappa shape index (κ2) is 9.75. The van der Waals surface area contributed by atoms with Crippen LogP contribution in [-0.4, -0.2) is 51.1 Å². The molecule has 0 radical (unpaired) electrons. The number of nitrogens with one attached hydrogen (secondary N) is 1. The number of methoxy groups -OCH3 is 2. The number of hydrogen-bond donors (Lipinski definition) is 1. The van der Waals surface area contributed by atoms with Crippen molar-refractivity contribution in [3.63, 3.8) is 0 Å². The minimum Gasteiger partial charge on any atom is -0.497 e. The van der Waals surface area contributed by atoms with Gasteiger partial charge in [0.2, 0.25) is 5.91 Å². The molecule has 1 heterocycles. The summed E-state index contributed by atoms with van der Waals surface area (Å²) < 4.78 is 14.8. The quantitative estimate of drug-likeness (QED) is 0.674. The van der Waals surface area contributed by atoms with Crippen LogP contribution in [0, 0.1) is 5.92 Å². The van der Waals surface area contributed by atoms with Crippen molar-refractivity contribution in [2.75, 3.05) is 37.6 Å². The molecule has 1 saturated heterocycles. The lowest BCUT2D eigenvalue weighted by Gasteiger charge is -2.16. The van der Waals surface area contributed by atoms with Crippen LogP contribution in [0.25, 0.3) is 0 Å². The predicted molar refractivity (Wildman–Crippen MR) is 111 cm³/mol. The van der Waals surface area contributed by atoms with Crippen LogP contribution in [-0.2, 0) is 23.9 Å². The molecule has 2 amide bonds. The summed E-state index contributed by atoms with van der Waals surface area (Å²) in [6, 6.07) is 13.0. The van der Waals surface area contributed by atoms with E-state index < -0.39 is 30.4 Å². The van der Waals surface area contributed by atoms with Gasteiger partial charge in [-0.15, -0.1) is 0 Å². The molecule has 1 aliphatic heterocycles. The van der Waals surface area contributed by atoms with Crippen LogP contribution in [0.2, 0.25) is 0 Å². The molecular weight excluding hydrogens is 404 g/mol. The van der Waals surface area contributed by atoms with Gasteiger partial charge in [0.05, 0.1) is 25.7 Å². The van der Waals surface area contributed by atoms with Gasteiger partial charge in [0, 0.05) is 24.3 Å². The lowest BCUT2D eigenvalue weighted by molar-refractivity contribution is -0.151. The lowest BCUT2D eigenvalue weighted by atomic mass is 10.1. The number of ether oxygens (including phenoxy) is 3. The first kappa shape index (κ1) is 21.8. The zero-order chi connectivity index (χ0) is 22.4. The normalized spacial score (nSPS) is 15.4. The zero-order valence-corrected chi connectivity index (χ0v) is 17.1. The number of rotatable bonds is 7. The van der Waals surface area contributed by atoms with Crippen LogP contribution in [0.3, 0.4) is 0 Å². The van der Waals surface area contributed by atoms with Gasteiger partial charge in [0.1, 0.15) is 5.75 Å². The molecule has 0 saturated carbocycles. The summed E-state index contributed by atoms with van der Waals surface area (Å²) in [7, 11) is 2.83. The van der Waals surface area contributed by atoms with E-state index >= 15 is 0 Å². The Morgan fingerprint density at radius 3 is 2.32 bits per heavy atom. The fourth-order valence-corrected chi connectivity index (χ4v) is 3.14. The average molecular weight is 426 g/mol. The van der Waals surface area contributed by atoms with Gasteiger partial charge in [0.15, 0.2) is 6.61 Å². The highest BCUT2D eigenvalue weighted by Gasteiger charge is 2.36. The Morgan fingerprint density at radius 2 is 1.71 bits per heavy atom. The van der Waals surface area contributed by atoms with E-state index in [9.17, 15) is 19.2 Å². The number of hydrogen-bond acceptors (Lipinski definition) is 7. The van der Waals surface area contributed by atoms with Crippen LogP contribution in [0.15, 0.2) is 48.5 Å². The molecule has 9 heteroatoms. The van der Waals surface area contributed by atoms with Crippen molar-refractivity contribution in [3.05, 3.63) is 54.1 Å². The first-order chi connectivity index (χ1) is 14.9. The molecule has 3 rings (SSSR count). The highest BCUT2D eigenvalue weighted by molar-refractivity contribution is 6.00.